The molecule has 0 unspecified atom stereocenters. The monoisotopic (exact) mass is 415 g/mol. The van der Waals surface area contributed by atoms with Crippen molar-refractivity contribution in [2.45, 2.75) is 20.4 Å². The third-order valence-corrected chi connectivity index (χ3v) is 4.24. The molecule has 0 radical (unpaired) electrons. The Morgan fingerprint density at radius 2 is 1.48 bits per heavy atom. The maximum Gasteiger partial charge on any atom is 0.388 e. The van der Waals surface area contributed by atoms with Gasteiger partial charge in [0.05, 0.1) is 21.4 Å². The molecule has 29 heavy (non-hydrogen) atoms. The van der Waals surface area contributed by atoms with Gasteiger partial charge in [0, 0.05) is 24.1 Å². The van der Waals surface area contributed by atoms with E-state index in [1.807, 2.05) is 47.8 Å². The lowest BCUT2D eigenvalue weighted by atomic mass is 10.1. The van der Waals surface area contributed by atoms with Crippen LogP contribution in [-0.2, 0) is 6.54 Å². The van der Waals surface area contributed by atoms with Crippen molar-refractivity contribution in [1.82, 2.24) is 14.6 Å². The Balaban J connectivity index is 0.000000431. The Morgan fingerprint density at radius 3 is 2.00 bits per heavy atom. The van der Waals surface area contributed by atoms with Gasteiger partial charge in [0.1, 0.15) is 11.4 Å². The SMILES string of the molecule is CC[n+]1c(C)nn2c(-c3ccccc3)cc(-c3ccccc3)nc21.[O-][Cl+3]([O-])([O-])O. The summed E-state index contributed by atoms with van der Waals surface area (Å²) < 4.78 is 36.8. The number of hydrogen-bond donors (Lipinski definition) is 1. The second kappa shape index (κ2) is 8.64. The molecule has 1 N–H and O–H groups in total. The van der Waals surface area contributed by atoms with E-state index in [0.29, 0.717) is 0 Å². The third kappa shape index (κ3) is 5.14. The van der Waals surface area contributed by atoms with Crippen molar-refractivity contribution < 1.29 is 33.4 Å². The molecule has 0 saturated heterocycles. The molecule has 0 fully saturated rings. The number of aromatic nitrogens is 4. The third-order valence-electron chi connectivity index (χ3n) is 4.24. The van der Waals surface area contributed by atoms with Gasteiger partial charge >= 0.3 is 5.78 Å². The molecule has 0 saturated carbocycles. The summed E-state index contributed by atoms with van der Waals surface area (Å²) in [6.07, 6.45) is 0. The molecule has 0 amide bonds. The summed E-state index contributed by atoms with van der Waals surface area (Å²) in [7, 11) is -4.69. The summed E-state index contributed by atoms with van der Waals surface area (Å²) >= 11 is 0. The van der Waals surface area contributed by atoms with Crippen LogP contribution in [0.25, 0.3) is 28.3 Å². The molecule has 0 aliphatic heterocycles. The highest BCUT2D eigenvalue weighted by Gasteiger charge is 2.22. The predicted molar refractivity (Wildman–Crippen MR) is 96.7 cm³/mol. The minimum atomic E-state index is -4.69. The molecule has 9 heteroatoms. The smallest absolute Gasteiger partial charge is 0.221 e. The highest BCUT2D eigenvalue weighted by atomic mass is 35.7. The standard InChI is InChI=1S/C20H19N4.ClHO4/c1-3-23-15(2)22-24-19(17-12-8-5-9-13-17)14-18(21-20(23)24)16-10-6-4-7-11-16;2-1(3,4)5/h4-14H,3H2,1-2H3;(H,2,3,4,5)/q+1;. The number of halogens is 1. The quantitative estimate of drug-likeness (QED) is 0.452. The van der Waals surface area contributed by atoms with Gasteiger partial charge in [0.2, 0.25) is 5.82 Å². The molecule has 150 valence electrons. The van der Waals surface area contributed by atoms with Crippen LogP contribution in [0.1, 0.15) is 12.7 Å². The van der Waals surface area contributed by atoms with Crippen molar-refractivity contribution in [2.75, 3.05) is 0 Å². The van der Waals surface area contributed by atoms with Crippen molar-refractivity contribution in [1.29, 1.82) is 0 Å². The van der Waals surface area contributed by atoms with Crippen LogP contribution in [-0.4, -0.2) is 19.3 Å². The second-order valence-corrected chi connectivity index (χ2v) is 6.95. The van der Waals surface area contributed by atoms with Gasteiger partial charge in [-0.3, -0.25) is 0 Å². The average Bonchev–Trinajstić information content (AvgIpc) is 3.02. The fraction of sp³-hybridized carbons (Fsp3) is 0.150. The Hall–Kier alpha value is -2.88. The van der Waals surface area contributed by atoms with E-state index in [9.17, 15) is 0 Å². The molecule has 0 aliphatic rings. The minimum absolute atomic E-state index is 0.842. The molecule has 4 aromatic rings. The molecule has 4 rings (SSSR count). The molecular formula is C20H20ClN4O4+. The van der Waals surface area contributed by atoms with E-state index in [-0.39, 0.29) is 0 Å². The lowest BCUT2D eigenvalue weighted by Crippen LogP contribution is -2.58. The molecule has 0 bridgehead atoms. The Labute approximate surface area is 169 Å². The largest absolute Gasteiger partial charge is 0.388 e. The summed E-state index contributed by atoms with van der Waals surface area (Å²) in [6, 6.07) is 22.7. The van der Waals surface area contributed by atoms with Crippen LogP contribution in [0.3, 0.4) is 0 Å². The Bertz CT molecular complexity index is 1090. The van der Waals surface area contributed by atoms with Crippen LogP contribution >= 0.6 is 0 Å². The number of benzene rings is 2. The maximum absolute atomic E-state index is 8.60. The predicted octanol–water partition coefficient (Wildman–Crippen LogP) is -0.445. The minimum Gasteiger partial charge on any atom is -0.221 e. The highest BCUT2D eigenvalue weighted by Crippen LogP contribution is 2.25. The van der Waals surface area contributed by atoms with Crippen molar-refractivity contribution in [3.05, 3.63) is 72.6 Å². The molecule has 2 aromatic carbocycles. The average molecular weight is 416 g/mol. The van der Waals surface area contributed by atoms with Crippen molar-refractivity contribution >= 4 is 5.78 Å². The van der Waals surface area contributed by atoms with Crippen LogP contribution in [0.5, 0.6) is 0 Å². The van der Waals surface area contributed by atoms with Gasteiger partial charge in [0.15, 0.2) is 0 Å². The van der Waals surface area contributed by atoms with E-state index in [0.717, 1.165) is 40.7 Å². The van der Waals surface area contributed by atoms with E-state index in [4.69, 9.17) is 28.7 Å². The summed E-state index contributed by atoms with van der Waals surface area (Å²) in [6.45, 7) is 4.98. The first-order chi connectivity index (χ1) is 13.8. The van der Waals surface area contributed by atoms with E-state index in [1.165, 1.54) is 0 Å². The topological polar surface area (TPSA) is 123 Å². The molecule has 0 atom stereocenters. The second-order valence-electron chi connectivity index (χ2n) is 6.16. The maximum atomic E-state index is 8.60. The summed E-state index contributed by atoms with van der Waals surface area (Å²) in [4.78, 5) is 4.89. The lowest BCUT2D eigenvalue weighted by Gasteiger charge is -2.03. The summed E-state index contributed by atoms with van der Waals surface area (Å²) in [5.41, 5.74) is 4.25. The molecule has 8 nitrogen and oxygen atoms in total. The first kappa shape index (κ1) is 20.8. The van der Waals surface area contributed by atoms with Gasteiger partial charge < -0.3 is 0 Å². The first-order valence-electron chi connectivity index (χ1n) is 8.82. The Kier molecular flexibility index (Phi) is 6.21. The van der Waals surface area contributed by atoms with E-state index < -0.39 is 10.2 Å². The zero-order chi connectivity index (χ0) is 21.0. The molecule has 2 aromatic heterocycles. The number of rotatable bonds is 3. The highest BCUT2D eigenvalue weighted by molar-refractivity contribution is 5.69. The van der Waals surface area contributed by atoms with Crippen molar-refractivity contribution in [2.24, 2.45) is 0 Å². The molecule has 0 spiro atoms. The van der Waals surface area contributed by atoms with Gasteiger partial charge in [-0.2, -0.15) is 14.0 Å². The fourth-order valence-corrected chi connectivity index (χ4v) is 3.04. The summed E-state index contributed by atoms with van der Waals surface area (Å²) in [5, 5.41) is 4.71. The first-order valence-corrected chi connectivity index (χ1v) is 10.1. The molecule has 2 heterocycles. The zero-order valence-corrected chi connectivity index (χ0v) is 16.7. The van der Waals surface area contributed by atoms with Crippen LogP contribution in [0.2, 0.25) is 0 Å². The molecular weight excluding hydrogens is 396 g/mol. The zero-order valence-electron chi connectivity index (χ0n) is 15.9. The van der Waals surface area contributed by atoms with Crippen LogP contribution < -0.4 is 18.5 Å². The van der Waals surface area contributed by atoms with Gasteiger partial charge in [-0.1, -0.05) is 65.2 Å². The van der Waals surface area contributed by atoms with Gasteiger partial charge in [-0.25, -0.2) is 4.57 Å². The van der Waals surface area contributed by atoms with Crippen LogP contribution in [0.4, 0.5) is 0 Å². The Morgan fingerprint density at radius 1 is 0.966 bits per heavy atom. The fourth-order valence-electron chi connectivity index (χ4n) is 3.04. The number of hydrogen-bond acceptors (Lipinski definition) is 6. The van der Waals surface area contributed by atoms with Crippen LogP contribution in [0, 0.1) is 17.2 Å². The molecule has 0 aliphatic carbocycles. The summed E-state index contributed by atoms with van der Waals surface area (Å²) in [5.74, 6) is 1.84. The van der Waals surface area contributed by atoms with E-state index in [2.05, 4.69) is 41.8 Å². The van der Waals surface area contributed by atoms with E-state index >= 15 is 0 Å². The normalized spacial score (nSPS) is 11.2. The van der Waals surface area contributed by atoms with Crippen molar-refractivity contribution in [3.8, 4) is 22.5 Å². The number of nitrogens with zero attached hydrogens (tertiary/aromatic N) is 4. The lowest BCUT2D eigenvalue weighted by molar-refractivity contribution is -1.92. The van der Waals surface area contributed by atoms with Gasteiger partial charge in [0.25, 0.3) is 0 Å². The van der Waals surface area contributed by atoms with Crippen LogP contribution in [0.15, 0.2) is 66.7 Å². The van der Waals surface area contributed by atoms with E-state index in [1.54, 1.807) is 0 Å². The van der Waals surface area contributed by atoms with Crippen molar-refractivity contribution in [3.63, 3.8) is 0 Å². The van der Waals surface area contributed by atoms with Gasteiger partial charge in [-0.05, 0) is 12.0 Å². The number of fused-ring (bicyclic) bond motifs is 1. The number of aryl methyl sites for hydroxylation is 2. The van der Waals surface area contributed by atoms with Gasteiger partial charge in [-0.15, -0.1) is 4.98 Å².